The normalized spacial score (nSPS) is 14.3. The number of carbonyl (C=O) groups is 1. The van der Waals surface area contributed by atoms with Gasteiger partial charge in [-0.05, 0) is 13.0 Å². The van der Waals surface area contributed by atoms with Crippen LogP contribution in [0.4, 0.5) is 13.2 Å². The van der Waals surface area contributed by atoms with E-state index in [1.54, 1.807) is 6.92 Å². The van der Waals surface area contributed by atoms with Gasteiger partial charge in [-0.1, -0.05) is 18.2 Å². The smallest absolute Gasteiger partial charge is 0.308 e. The monoisotopic (exact) mass is 261 g/mol. The number of hydrogen-bond donors (Lipinski definition) is 1. The highest BCUT2D eigenvalue weighted by Crippen LogP contribution is 2.31. The molecule has 0 aliphatic heterocycles. The second kappa shape index (κ2) is 5.86. The lowest BCUT2D eigenvalue weighted by Crippen LogP contribution is -2.46. The molecule has 1 atom stereocenters. The molecule has 0 unspecified atom stereocenters. The van der Waals surface area contributed by atoms with E-state index < -0.39 is 35.7 Å². The van der Waals surface area contributed by atoms with E-state index in [0.717, 1.165) is 12.1 Å². The molecular formula is C12H14F3NO2. The Bertz CT molecular complexity index is 426. The Morgan fingerprint density at radius 2 is 2.06 bits per heavy atom. The highest BCUT2D eigenvalue weighted by atomic mass is 19.3. The van der Waals surface area contributed by atoms with Gasteiger partial charge >= 0.3 is 5.97 Å². The van der Waals surface area contributed by atoms with Gasteiger partial charge in [0.2, 0.25) is 0 Å². The average Bonchev–Trinajstić information content (AvgIpc) is 2.29. The lowest BCUT2D eigenvalue weighted by atomic mass is 9.87. The quantitative estimate of drug-likeness (QED) is 0.827. The van der Waals surface area contributed by atoms with Crippen LogP contribution in [-0.4, -0.2) is 19.0 Å². The van der Waals surface area contributed by atoms with Crippen molar-refractivity contribution in [2.75, 3.05) is 6.61 Å². The van der Waals surface area contributed by atoms with Gasteiger partial charge in [0, 0.05) is 5.56 Å². The highest BCUT2D eigenvalue weighted by molar-refractivity contribution is 5.71. The molecule has 1 aromatic carbocycles. The minimum absolute atomic E-state index is 0.0510. The lowest BCUT2D eigenvalue weighted by molar-refractivity contribution is -0.146. The van der Waals surface area contributed by atoms with Crippen LogP contribution in [0.5, 0.6) is 0 Å². The van der Waals surface area contributed by atoms with Gasteiger partial charge in [-0.25, -0.2) is 13.2 Å². The first kappa shape index (κ1) is 14.5. The average molecular weight is 261 g/mol. The van der Waals surface area contributed by atoms with Crippen LogP contribution in [0.3, 0.4) is 0 Å². The zero-order valence-electron chi connectivity index (χ0n) is 9.83. The third-order valence-electron chi connectivity index (χ3n) is 2.51. The molecule has 1 rings (SSSR count). The molecule has 0 saturated heterocycles. The minimum atomic E-state index is -3.08. The molecule has 0 aromatic heterocycles. The van der Waals surface area contributed by atoms with Gasteiger partial charge in [-0.3, -0.25) is 4.79 Å². The Kier molecular flexibility index (Phi) is 4.72. The molecule has 100 valence electrons. The van der Waals surface area contributed by atoms with Crippen molar-refractivity contribution in [1.29, 1.82) is 0 Å². The maximum absolute atomic E-state index is 13.5. The summed E-state index contributed by atoms with van der Waals surface area (Å²) in [6.45, 7) is 1.59. The van der Waals surface area contributed by atoms with Crippen LogP contribution in [-0.2, 0) is 15.1 Å². The summed E-state index contributed by atoms with van der Waals surface area (Å²) < 4.78 is 44.2. The van der Waals surface area contributed by atoms with Gasteiger partial charge in [-0.2, -0.15) is 0 Å². The van der Waals surface area contributed by atoms with Gasteiger partial charge in [0.25, 0.3) is 6.43 Å². The SMILES string of the molecule is CCOC(=O)C[C@](N)(c1ccccc1F)C(F)F. The molecular weight excluding hydrogens is 247 g/mol. The number of carbonyl (C=O) groups excluding carboxylic acids is 1. The minimum Gasteiger partial charge on any atom is -0.466 e. The van der Waals surface area contributed by atoms with Crippen LogP contribution < -0.4 is 5.73 Å². The molecule has 1 aromatic rings. The van der Waals surface area contributed by atoms with Gasteiger partial charge < -0.3 is 10.5 Å². The Balaban J connectivity index is 3.08. The molecule has 18 heavy (non-hydrogen) atoms. The number of nitrogens with two attached hydrogens (primary N) is 1. The van der Waals surface area contributed by atoms with E-state index >= 15 is 0 Å². The van der Waals surface area contributed by atoms with Crippen LogP contribution in [0.1, 0.15) is 18.9 Å². The van der Waals surface area contributed by atoms with Crippen LogP contribution in [0.15, 0.2) is 24.3 Å². The first-order valence-electron chi connectivity index (χ1n) is 5.39. The number of rotatable bonds is 5. The third-order valence-corrected chi connectivity index (χ3v) is 2.51. The van der Waals surface area contributed by atoms with Crippen molar-refractivity contribution >= 4 is 5.97 Å². The van der Waals surface area contributed by atoms with Gasteiger partial charge in [0.05, 0.1) is 13.0 Å². The van der Waals surface area contributed by atoms with Crippen molar-refractivity contribution in [3.8, 4) is 0 Å². The predicted octanol–water partition coefficient (Wildman–Crippen LogP) is 2.20. The largest absolute Gasteiger partial charge is 0.466 e. The summed E-state index contributed by atoms with van der Waals surface area (Å²) in [5.74, 6) is -1.76. The molecule has 0 radical (unpaired) electrons. The Labute approximate surface area is 103 Å². The number of halogens is 3. The van der Waals surface area contributed by atoms with Crippen LogP contribution in [0, 0.1) is 5.82 Å². The summed E-state index contributed by atoms with van der Waals surface area (Å²) in [6, 6.07) is 4.90. The fraction of sp³-hybridized carbons (Fsp3) is 0.417. The van der Waals surface area contributed by atoms with E-state index in [1.165, 1.54) is 12.1 Å². The Morgan fingerprint density at radius 3 is 2.56 bits per heavy atom. The molecule has 0 fully saturated rings. The molecule has 0 bridgehead atoms. The van der Waals surface area contributed by atoms with Crippen LogP contribution in [0.2, 0.25) is 0 Å². The molecule has 0 aliphatic rings. The molecule has 0 aliphatic carbocycles. The van der Waals surface area contributed by atoms with E-state index in [-0.39, 0.29) is 6.61 Å². The summed E-state index contributed by atoms with van der Waals surface area (Å²) in [6.07, 6.45) is -3.86. The van der Waals surface area contributed by atoms with E-state index in [1.807, 2.05) is 0 Å². The predicted molar refractivity (Wildman–Crippen MR) is 59.5 cm³/mol. The van der Waals surface area contributed by atoms with Gasteiger partial charge in [0.1, 0.15) is 11.4 Å². The summed E-state index contributed by atoms with van der Waals surface area (Å²) in [5, 5.41) is 0. The van der Waals surface area contributed by atoms with Crippen LogP contribution in [0.25, 0.3) is 0 Å². The zero-order valence-corrected chi connectivity index (χ0v) is 9.83. The first-order chi connectivity index (χ1) is 8.41. The molecule has 0 amide bonds. The van der Waals surface area contributed by atoms with Gasteiger partial charge in [-0.15, -0.1) is 0 Å². The fourth-order valence-corrected chi connectivity index (χ4v) is 1.58. The van der Waals surface area contributed by atoms with E-state index in [4.69, 9.17) is 5.73 Å². The van der Waals surface area contributed by atoms with Crippen LogP contribution >= 0.6 is 0 Å². The highest BCUT2D eigenvalue weighted by Gasteiger charge is 2.42. The second-order valence-corrected chi connectivity index (χ2v) is 3.80. The Hall–Kier alpha value is -1.56. The van der Waals surface area contributed by atoms with Crippen molar-refractivity contribution in [2.24, 2.45) is 5.73 Å². The number of alkyl halides is 2. The third kappa shape index (κ3) is 3.01. The molecule has 3 nitrogen and oxygen atoms in total. The standard InChI is InChI=1S/C12H14F3NO2/c1-2-18-10(17)7-12(16,11(14)15)8-5-3-4-6-9(8)13/h3-6,11H,2,7,16H2,1H3/t12-/m0/s1. The Morgan fingerprint density at radius 1 is 1.44 bits per heavy atom. The molecule has 2 N–H and O–H groups in total. The van der Waals surface area contributed by atoms with E-state index in [9.17, 15) is 18.0 Å². The summed E-state index contributed by atoms with van der Waals surface area (Å²) in [5.41, 5.74) is 2.73. The van der Waals surface area contributed by atoms with Crippen molar-refractivity contribution in [2.45, 2.75) is 25.3 Å². The maximum Gasteiger partial charge on any atom is 0.308 e. The fourth-order valence-electron chi connectivity index (χ4n) is 1.58. The number of esters is 1. The van der Waals surface area contributed by atoms with Crippen molar-refractivity contribution in [1.82, 2.24) is 0 Å². The summed E-state index contributed by atoms with van der Waals surface area (Å²) >= 11 is 0. The van der Waals surface area contributed by atoms with Crippen molar-refractivity contribution in [3.63, 3.8) is 0 Å². The summed E-state index contributed by atoms with van der Waals surface area (Å²) in [7, 11) is 0. The topological polar surface area (TPSA) is 52.3 Å². The molecule has 6 heteroatoms. The number of ether oxygens (including phenoxy) is 1. The van der Waals surface area contributed by atoms with E-state index in [0.29, 0.717) is 0 Å². The molecule has 0 heterocycles. The second-order valence-electron chi connectivity index (χ2n) is 3.80. The maximum atomic E-state index is 13.5. The van der Waals surface area contributed by atoms with E-state index in [2.05, 4.69) is 4.74 Å². The molecule has 0 saturated carbocycles. The van der Waals surface area contributed by atoms with Gasteiger partial charge in [0.15, 0.2) is 0 Å². The lowest BCUT2D eigenvalue weighted by Gasteiger charge is -2.28. The number of hydrogen-bond acceptors (Lipinski definition) is 3. The first-order valence-corrected chi connectivity index (χ1v) is 5.39. The number of benzene rings is 1. The summed E-state index contributed by atoms with van der Waals surface area (Å²) in [4.78, 5) is 11.3. The molecule has 0 spiro atoms. The van der Waals surface area contributed by atoms with Crippen molar-refractivity contribution in [3.05, 3.63) is 35.6 Å². The zero-order chi connectivity index (χ0) is 13.8. The van der Waals surface area contributed by atoms with Crippen molar-refractivity contribution < 1.29 is 22.7 Å².